The van der Waals surface area contributed by atoms with Crippen molar-refractivity contribution in [3.8, 4) is 5.75 Å². The SMILES string of the molecule is CCCSc1ccc2nc(NC(=O)CSc3nc4ccc(OC)cc4[nH]3)[nH]c2c1. The summed E-state index contributed by atoms with van der Waals surface area (Å²) in [4.78, 5) is 28.8. The summed E-state index contributed by atoms with van der Waals surface area (Å²) in [6.45, 7) is 2.16. The molecule has 0 unspecified atom stereocenters. The van der Waals surface area contributed by atoms with Crippen LogP contribution in [0.1, 0.15) is 13.3 Å². The number of nitrogens with one attached hydrogen (secondary N) is 3. The van der Waals surface area contributed by atoms with E-state index in [-0.39, 0.29) is 11.7 Å². The zero-order chi connectivity index (χ0) is 20.2. The van der Waals surface area contributed by atoms with Crippen LogP contribution in [0.3, 0.4) is 0 Å². The van der Waals surface area contributed by atoms with Crippen LogP contribution in [0.2, 0.25) is 0 Å². The molecule has 150 valence electrons. The Hall–Kier alpha value is -2.65. The summed E-state index contributed by atoms with van der Waals surface area (Å²) in [7, 11) is 1.63. The summed E-state index contributed by atoms with van der Waals surface area (Å²) in [5.41, 5.74) is 3.46. The Balaban J connectivity index is 1.38. The number of ether oxygens (including phenoxy) is 1. The molecule has 0 saturated carbocycles. The number of methoxy groups -OCH3 is 1. The van der Waals surface area contributed by atoms with Gasteiger partial charge in [-0.2, -0.15) is 0 Å². The van der Waals surface area contributed by atoms with Crippen molar-refractivity contribution in [2.75, 3.05) is 23.9 Å². The van der Waals surface area contributed by atoms with Crippen LogP contribution in [0.5, 0.6) is 5.75 Å². The van der Waals surface area contributed by atoms with Crippen LogP contribution in [0, 0.1) is 0 Å². The van der Waals surface area contributed by atoms with Crippen molar-refractivity contribution in [3.63, 3.8) is 0 Å². The third-order valence-corrected chi connectivity index (χ3v) is 6.26. The van der Waals surface area contributed by atoms with E-state index in [1.54, 1.807) is 7.11 Å². The molecule has 2 aromatic carbocycles. The number of aromatic nitrogens is 4. The summed E-state index contributed by atoms with van der Waals surface area (Å²) in [6, 6.07) is 11.7. The van der Waals surface area contributed by atoms with E-state index in [1.165, 1.54) is 16.7 Å². The first-order chi connectivity index (χ1) is 14.1. The number of benzene rings is 2. The first-order valence-corrected chi connectivity index (χ1v) is 11.2. The molecule has 0 aliphatic rings. The van der Waals surface area contributed by atoms with E-state index in [0.29, 0.717) is 11.1 Å². The Morgan fingerprint density at radius 1 is 1.07 bits per heavy atom. The van der Waals surface area contributed by atoms with E-state index in [1.807, 2.05) is 36.0 Å². The summed E-state index contributed by atoms with van der Waals surface area (Å²) in [5.74, 6) is 2.38. The number of H-pyrrole nitrogens is 2. The molecule has 4 aromatic rings. The molecule has 0 aliphatic heterocycles. The molecule has 9 heteroatoms. The van der Waals surface area contributed by atoms with E-state index in [9.17, 15) is 4.79 Å². The van der Waals surface area contributed by atoms with Gasteiger partial charge in [-0.1, -0.05) is 18.7 Å². The number of nitrogens with zero attached hydrogens (tertiary/aromatic N) is 2. The molecular weight excluding hydrogens is 406 g/mol. The van der Waals surface area contributed by atoms with E-state index in [0.717, 1.165) is 40.0 Å². The topological polar surface area (TPSA) is 95.7 Å². The fraction of sp³-hybridized carbons (Fsp3) is 0.250. The molecule has 3 N–H and O–H groups in total. The maximum absolute atomic E-state index is 12.3. The Bertz CT molecular complexity index is 1150. The second kappa shape index (κ2) is 8.79. The average Bonchev–Trinajstić information content (AvgIpc) is 3.32. The molecule has 1 amide bonds. The Morgan fingerprint density at radius 3 is 2.69 bits per heavy atom. The average molecular weight is 428 g/mol. The molecular formula is C20H21N5O2S2. The lowest BCUT2D eigenvalue weighted by Gasteiger charge is -2.00. The number of carbonyl (C=O) groups is 1. The van der Waals surface area contributed by atoms with Crippen molar-refractivity contribution < 1.29 is 9.53 Å². The third kappa shape index (κ3) is 4.68. The molecule has 0 saturated heterocycles. The van der Waals surface area contributed by atoms with Gasteiger partial charge in [0, 0.05) is 11.0 Å². The zero-order valence-corrected chi connectivity index (χ0v) is 17.7. The van der Waals surface area contributed by atoms with Gasteiger partial charge in [-0.05, 0) is 42.5 Å². The number of aromatic amines is 2. The van der Waals surface area contributed by atoms with Crippen molar-refractivity contribution in [3.05, 3.63) is 36.4 Å². The minimum atomic E-state index is -0.146. The molecule has 7 nitrogen and oxygen atoms in total. The molecule has 0 atom stereocenters. The van der Waals surface area contributed by atoms with Gasteiger partial charge in [-0.15, -0.1) is 11.8 Å². The second-order valence-corrected chi connectivity index (χ2v) is 8.51. The fourth-order valence-electron chi connectivity index (χ4n) is 2.82. The quantitative estimate of drug-likeness (QED) is 0.353. The van der Waals surface area contributed by atoms with Crippen molar-refractivity contribution in [1.82, 2.24) is 19.9 Å². The predicted molar refractivity (Wildman–Crippen MR) is 119 cm³/mol. The van der Waals surface area contributed by atoms with Crippen molar-refractivity contribution >= 4 is 57.4 Å². The van der Waals surface area contributed by atoms with Gasteiger partial charge in [0.05, 0.1) is 34.9 Å². The third-order valence-electron chi connectivity index (χ3n) is 4.19. The Labute approximate surface area is 176 Å². The van der Waals surface area contributed by atoms with Gasteiger partial charge in [0.1, 0.15) is 5.75 Å². The Kier molecular flexibility index (Phi) is 5.96. The highest BCUT2D eigenvalue weighted by Crippen LogP contribution is 2.25. The normalized spacial score (nSPS) is 11.2. The lowest BCUT2D eigenvalue weighted by atomic mass is 10.3. The van der Waals surface area contributed by atoms with E-state index in [4.69, 9.17) is 4.74 Å². The van der Waals surface area contributed by atoms with Crippen LogP contribution in [0.25, 0.3) is 22.1 Å². The van der Waals surface area contributed by atoms with Crippen molar-refractivity contribution in [1.29, 1.82) is 0 Å². The van der Waals surface area contributed by atoms with Crippen LogP contribution < -0.4 is 10.1 Å². The first kappa shape index (κ1) is 19.7. The van der Waals surface area contributed by atoms with Gasteiger partial charge in [0.25, 0.3) is 0 Å². The number of thioether (sulfide) groups is 2. The number of amides is 1. The highest BCUT2D eigenvalue weighted by molar-refractivity contribution is 7.99. The highest BCUT2D eigenvalue weighted by atomic mass is 32.2. The van der Waals surface area contributed by atoms with Gasteiger partial charge in [0.15, 0.2) is 5.16 Å². The number of anilines is 1. The van der Waals surface area contributed by atoms with Gasteiger partial charge < -0.3 is 14.7 Å². The van der Waals surface area contributed by atoms with Gasteiger partial charge in [0.2, 0.25) is 11.9 Å². The van der Waals surface area contributed by atoms with Crippen molar-refractivity contribution in [2.45, 2.75) is 23.4 Å². The monoisotopic (exact) mass is 427 g/mol. The number of hydrogen-bond donors (Lipinski definition) is 3. The standard InChI is InChI=1S/C20H21N5O2S2/c1-3-8-28-13-5-7-14-17(10-13)22-19(21-14)25-18(26)11-29-20-23-15-6-4-12(27-2)9-16(15)24-20/h4-7,9-10H,3,8,11H2,1-2H3,(H,23,24)(H2,21,22,25,26). The summed E-state index contributed by atoms with van der Waals surface area (Å²) in [5, 5.41) is 3.51. The minimum Gasteiger partial charge on any atom is -0.497 e. The molecule has 2 heterocycles. The largest absolute Gasteiger partial charge is 0.497 e. The van der Waals surface area contributed by atoms with Crippen LogP contribution >= 0.6 is 23.5 Å². The molecule has 0 fully saturated rings. The number of carbonyl (C=O) groups excluding carboxylic acids is 1. The van der Waals surface area contributed by atoms with E-state index in [2.05, 4.69) is 44.3 Å². The summed E-state index contributed by atoms with van der Waals surface area (Å²) in [6.07, 6.45) is 1.13. The second-order valence-electron chi connectivity index (χ2n) is 6.37. The summed E-state index contributed by atoms with van der Waals surface area (Å²) >= 11 is 3.15. The fourth-order valence-corrected chi connectivity index (χ4v) is 4.31. The highest BCUT2D eigenvalue weighted by Gasteiger charge is 2.11. The molecule has 4 rings (SSSR count). The number of hydrogen-bond acceptors (Lipinski definition) is 6. The molecule has 29 heavy (non-hydrogen) atoms. The van der Waals surface area contributed by atoms with Crippen LogP contribution in [-0.2, 0) is 4.79 Å². The predicted octanol–water partition coefficient (Wildman–Crippen LogP) is 4.68. The van der Waals surface area contributed by atoms with Crippen molar-refractivity contribution in [2.24, 2.45) is 0 Å². The minimum absolute atomic E-state index is 0.146. The molecule has 0 bridgehead atoms. The maximum atomic E-state index is 12.3. The molecule has 0 spiro atoms. The van der Waals surface area contributed by atoms with Crippen LogP contribution in [0.15, 0.2) is 46.5 Å². The summed E-state index contributed by atoms with van der Waals surface area (Å²) < 4.78 is 5.22. The van der Waals surface area contributed by atoms with Crippen LogP contribution in [-0.4, -0.2) is 44.5 Å². The first-order valence-electron chi connectivity index (χ1n) is 9.23. The lowest BCUT2D eigenvalue weighted by Crippen LogP contribution is -2.15. The number of rotatable bonds is 8. The Morgan fingerprint density at radius 2 is 1.86 bits per heavy atom. The molecule has 2 aromatic heterocycles. The maximum Gasteiger partial charge on any atom is 0.237 e. The van der Waals surface area contributed by atoms with E-state index < -0.39 is 0 Å². The van der Waals surface area contributed by atoms with Crippen LogP contribution in [0.4, 0.5) is 5.95 Å². The van der Waals surface area contributed by atoms with E-state index >= 15 is 0 Å². The van der Waals surface area contributed by atoms with Gasteiger partial charge in [-0.25, -0.2) is 9.97 Å². The lowest BCUT2D eigenvalue weighted by molar-refractivity contribution is -0.113. The molecule has 0 radical (unpaired) electrons. The molecule has 0 aliphatic carbocycles. The smallest absolute Gasteiger partial charge is 0.237 e. The number of imidazole rings is 2. The zero-order valence-electron chi connectivity index (χ0n) is 16.1. The van der Waals surface area contributed by atoms with Gasteiger partial charge >= 0.3 is 0 Å². The van der Waals surface area contributed by atoms with Gasteiger partial charge in [-0.3, -0.25) is 10.1 Å². The number of fused-ring (bicyclic) bond motifs is 2.